The average Bonchev–Trinajstić information content (AvgIpc) is 3.31. The monoisotopic (exact) mass is 665 g/mol. The number of hydrogen-bond donors (Lipinski definition) is 0. The molecule has 5 aromatic rings. The van der Waals surface area contributed by atoms with Gasteiger partial charge in [-0.15, -0.1) is 11.8 Å². The number of aryl methyl sites for hydroxylation is 1. The van der Waals surface area contributed by atoms with Gasteiger partial charge < -0.3 is 18.8 Å². The van der Waals surface area contributed by atoms with Crippen molar-refractivity contribution in [1.29, 1.82) is 0 Å². The Kier molecular flexibility index (Phi) is 10.8. The molecule has 0 N–H and O–H groups in total. The molecule has 0 bridgehead atoms. The Balaban J connectivity index is 1.55. The zero-order chi connectivity index (χ0) is 34.5. The summed E-state index contributed by atoms with van der Waals surface area (Å²) in [4.78, 5) is 23.3. The number of rotatable bonds is 13. The highest BCUT2D eigenvalue weighted by Crippen LogP contribution is 2.44. The first-order valence-corrected chi connectivity index (χ1v) is 17.4. The standard InChI is InChI=1S/C40H47N3O4S/c1-9-45-36-20-16-30(24-42-36)29-14-12-28(13-15-29)25-43-34-19-18-32(47-26-31-17-11-27(3)23-41-31)21-33(34)37(48-39(4,5)6)35(43)22-40(7,8)38(44)46-10-2/h11-21,23-24H,9-10,22,25-26H2,1-8H3. The Bertz CT molecular complexity index is 1840. The van der Waals surface area contributed by atoms with Crippen LogP contribution >= 0.6 is 11.8 Å². The van der Waals surface area contributed by atoms with E-state index in [2.05, 4.69) is 71.7 Å². The summed E-state index contributed by atoms with van der Waals surface area (Å²) in [7, 11) is 0. The maximum absolute atomic E-state index is 13.2. The Morgan fingerprint density at radius 1 is 0.833 bits per heavy atom. The molecule has 0 atom stereocenters. The van der Waals surface area contributed by atoms with E-state index in [1.54, 1.807) is 0 Å². The van der Waals surface area contributed by atoms with Crippen LogP contribution in [0.5, 0.6) is 11.6 Å². The van der Waals surface area contributed by atoms with E-state index in [1.165, 1.54) is 0 Å². The van der Waals surface area contributed by atoms with Crippen molar-refractivity contribution in [3.05, 3.63) is 102 Å². The van der Waals surface area contributed by atoms with Crippen molar-refractivity contribution in [3.63, 3.8) is 0 Å². The largest absolute Gasteiger partial charge is 0.487 e. The van der Waals surface area contributed by atoms with Crippen molar-refractivity contribution in [3.8, 4) is 22.8 Å². The van der Waals surface area contributed by atoms with Crippen LogP contribution in [0, 0.1) is 12.3 Å². The number of carbonyl (C=O) groups excluding carboxylic acids is 1. The predicted octanol–water partition coefficient (Wildman–Crippen LogP) is 9.46. The van der Waals surface area contributed by atoms with Gasteiger partial charge in [0.1, 0.15) is 12.4 Å². The van der Waals surface area contributed by atoms with Gasteiger partial charge >= 0.3 is 5.97 Å². The quantitative estimate of drug-likeness (QED) is 0.0916. The predicted molar refractivity (Wildman–Crippen MR) is 195 cm³/mol. The van der Waals surface area contributed by atoms with Crippen molar-refractivity contribution in [1.82, 2.24) is 14.5 Å². The van der Waals surface area contributed by atoms with Gasteiger partial charge in [0.05, 0.1) is 24.3 Å². The van der Waals surface area contributed by atoms with Gasteiger partial charge in [-0.3, -0.25) is 9.78 Å². The van der Waals surface area contributed by atoms with Crippen LogP contribution in [0.15, 0.2) is 84.0 Å². The summed E-state index contributed by atoms with van der Waals surface area (Å²) in [5.41, 5.74) is 6.75. The van der Waals surface area contributed by atoms with E-state index in [9.17, 15) is 4.79 Å². The summed E-state index contributed by atoms with van der Waals surface area (Å²) < 4.78 is 19.6. The van der Waals surface area contributed by atoms with E-state index in [1.807, 2.05) is 89.1 Å². The van der Waals surface area contributed by atoms with Gasteiger partial charge in [-0.2, -0.15) is 0 Å². The minimum absolute atomic E-state index is 0.0714. The normalized spacial score (nSPS) is 11.9. The van der Waals surface area contributed by atoms with Crippen LogP contribution in [0.1, 0.15) is 71.0 Å². The van der Waals surface area contributed by atoms with Gasteiger partial charge in [-0.05, 0) is 81.6 Å². The molecule has 48 heavy (non-hydrogen) atoms. The second-order valence-electron chi connectivity index (χ2n) is 13.7. The molecule has 0 fully saturated rings. The molecule has 3 heterocycles. The van der Waals surface area contributed by atoms with Gasteiger partial charge in [0.2, 0.25) is 5.88 Å². The van der Waals surface area contributed by atoms with Gasteiger partial charge in [0, 0.05) is 63.2 Å². The molecule has 0 unspecified atom stereocenters. The van der Waals surface area contributed by atoms with E-state index < -0.39 is 5.41 Å². The molecule has 252 valence electrons. The lowest BCUT2D eigenvalue weighted by molar-refractivity contribution is -0.153. The van der Waals surface area contributed by atoms with Crippen molar-refractivity contribution in [2.45, 2.75) is 84.6 Å². The highest BCUT2D eigenvalue weighted by atomic mass is 32.2. The Morgan fingerprint density at radius 2 is 1.58 bits per heavy atom. The number of esters is 1. The molecule has 0 spiro atoms. The van der Waals surface area contributed by atoms with E-state index in [0.717, 1.165) is 55.2 Å². The molecular weight excluding hydrogens is 619 g/mol. The van der Waals surface area contributed by atoms with Crippen LogP contribution < -0.4 is 9.47 Å². The first kappa shape index (κ1) is 35.0. The first-order chi connectivity index (χ1) is 22.9. The van der Waals surface area contributed by atoms with E-state index in [-0.39, 0.29) is 10.7 Å². The molecule has 0 saturated heterocycles. The van der Waals surface area contributed by atoms with Crippen molar-refractivity contribution in [2.75, 3.05) is 13.2 Å². The average molecular weight is 666 g/mol. The SMILES string of the molecule is CCOC(=O)C(C)(C)Cc1c(SC(C)(C)C)c2cc(OCc3ccc(C)cn3)ccc2n1Cc1ccc(-c2ccc(OCC)nc2)cc1. The summed E-state index contributed by atoms with van der Waals surface area (Å²) in [6.45, 7) is 18.4. The molecular formula is C40H47N3O4S. The number of carbonyl (C=O) groups is 1. The third-order valence-electron chi connectivity index (χ3n) is 7.95. The Hall–Kier alpha value is -4.30. The summed E-state index contributed by atoms with van der Waals surface area (Å²) in [6, 6.07) is 22.9. The molecule has 5 rings (SSSR count). The topological polar surface area (TPSA) is 75.5 Å². The van der Waals surface area contributed by atoms with E-state index in [4.69, 9.17) is 14.2 Å². The van der Waals surface area contributed by atoms with Crippen molar-refractivity contribution in [2.24, 2.45) is 5.41 Å². The maximum Gasteiger partial charge on any atom is 0.311 e. The van der Waals surface area contributed by atoms with Crippen LogP contribution in [0.4, 0.5) is 0 Å². The molecule has 0 saturated carbocycles. The molecule has 0 aliphatic carbocycles. The lowest BCUT2D eigenvalue weighted by Crippen LogP contribution is -2.30. The lowest BCUT2D eigenvalue weighted by Gasteiger charge is -2.26. The summed E-state index contributed by atoms with van der Waals surface area (Å²) in [5.74, 6) is 1.21. The molecule has 0 aliphatic heterocycles. The van der Waals surface area contributed by atoms with Crippen molar-refractivity contribution < 1.29 is 19.0 Å². The number of hydrogen-bond acceptors (Lipinski definition) is 7. The van der Waals surface area contributed by atoms with Crippen LogP contribution in [0.2, 0.25) is 0 Å². The molecule has 0 amide bonds. The van der Waals surface area contributed by atoms with Gasteiger partial charge in [0.25, 0.3) is 0 Å². The minimum atomic E-state index is -0.726. The third-order valence-corrected chi connectivity index (χ3v) is 9.22. The van der Waals surface area contributed by atoms with Crippen LogP contribution in [-0.4, -0.2) is 38.5 Å². The molecule has 8 heteroatoms. The molecule has 2 aromatic carbocycles. The fraction of sp³-hybridized carbons (Fsp3) is 0.375. The first-order valence-electron chi connectivity index (χ1n) is 16.6. The van der Waals surface area contributed by atoms with Crippen LogP contribution in [-0.2, 0) is 29.1 Å². The summed E-state index contributed by atoms with van der Waals surface area (Å²) >= 11 is 1.83. The number of aromatic nitrogens is 3. The fourth-order valence-electron chi connectivity index (χ4n) is 5.55. The third kappa shape index (κ3) is 8.58. The minimum Gasteiger partial charge on any atom is -0.487 e. The number of thioether (sulfide) groups is 1. The number of ether oxygens (including phenoxy) is 3. The van der Waals surface area contributed by atoms with Gasteiger partial charge in [-0.1, -0.05) is 51.1 Å². The van der Waals surface area contributed by atoms with Crippen molar-refractivity contribution >= 4 is 28.6 Å². The smallest absolute Gasteiger partial charge is 0.311 e. The zero-order valence-corrected chi connectivity index (χ0v) is 30.2. The summed E-state index contributed by atoms with van der Waals surface area (Å²) in [6.07, 6.45) is 4.23. The van der Waals surface area contributed by atoms with Gasteiger partial charge in [-0.25, -0.2) is 4.98 Å². The number of fused-ring (bicyclic) bond motifs is 1. The highest BCUT2D eigenvalue weighted by Gasteiger charge is 2.34. The summed E-state index contributed by atoms with van der Waals surface area (Å²) in [5, 5.41) is 1.11. The molecule has 0 aliphatic rings. The molecule has 0 radical (unpaired) electrons. The molecule has 3 aromatic heterocycles. The number of benzene rings is 2. The Labute approximate surface area is 289 Å². The second kappa shape index (κ2) is 14.9. The van der Waals surface area contributed by atoms with E-state index >= 15 is 0 Å². The fourth-order valence-corrected chi connectivity index (χ4v) is 6.74. The maximum atomic E-state index is 13.2. The zero-order valence-electron chi connectivity index (χ0n) is 29.4. The van der Waals surface area contributed by atoms with Crippen LogP contribution in [0.3, 0.4) is 0 Å². The van der Waals surface area contributed by atoms with E-state index in [0.29, 0.717) is 38.7 Å². The lowest BCUT2D eigenvalue weighted by atomic mass is 9.87. The molecule has 7 nitrogen and oxygen atoms in total. The highest BCUT2D eigenvalue weighted by molar-refractivity contribution is 8.00. The second-order valence-corrected chi connectivity index (χ2v) is 15.5. The Morgan fingerprint density at radius 3 is 2.21 bits per heavy atom. The van der Waals surface area contributed by atoms with Gasteiger partial charge in [0.15, 0.2) is 0 Å². The number of pyridine rings is 2. The number of nitrogens with zero attached hydrogens (tertiary/aromatic N) is 3. The van der Waals surface area contributed by atoms with Crippen LogP contribution in [0.25, 0.3) is 22.0 Å².